The number of anilines is 1. The zero-order valence-electron chi connectivity index (χ0n) is 15.5. The maximum Gasteiger partial charge on any atom is 0.259 e. The standard InChI is InChI=1S/C20H22FN5O/c1-14-13-26(10-9-25(14)2)19-8-5-16(12-22-19)20-23-18(24-27-20)11-15-3-6-17(21)7-4-15/h3-8,12,14H,9-11,13H2,1-2H3. The lowest BCUT2D eigenvalue weighted by molar-refractivity contribution is 0.233. The molecule has 0 radical (unpaired) electrons. The van der Waals surface area contributed by atoms with Crippen molar-refractivity contribution < 1.29 is 8.91 Å². The minimum atomic E-state index is -0.256. The molecule has 27 heavy (non-hydrogen) atoms. The molecular weight excluding hydrogens is 345 g/mol. The lowest BCUT2D eigenvalue weighted by Gasteiger charge is -2.38. The summed E-state index contributed by atoms with van der Waals surface area (Å²) < 4.78 is 18.4. The number of likely N-dealkylation sites (N-methyl/N-ethyl adjacent to an activating group) is 1. The van der Waals surface area contributed by atoms with Gasteiger partial charge >= 0.3 is 0 Å². The number of rotatable bonds is 4. The van der Waals surface area contributed by atoms with Crippen LogP contribution >= 0.6 is 0 Å². The molecule has 0 bridgehead atoms. The van der Waals surface area contributed by atoms with Crippen molar-refractivity contribution >= 4 is 5.82 Å². The van der Waals surface area contributed by atoms with Crippen molar-refractivity contribution in [3.63, 3.8) is 0 Å². The fourth-order valence-electron chi connectivity index (χ4n) is 3.18. The normalized spacial score (nSPS) is 18.0. The third-order valence-electron chi connectivity index (χ3n) is 5.02. The molecule has 1 unspecified atom stereocenters. The Kier molecular flexibility index (Phi) is 4.85. The fourth-order valence-corrected chi connectivity index (χ4v) is 3.18. The highest BCUT2D eigenvalue weighted by Gasteiger charge is 2.21. The van der Waals surface area contributed by atoms with Gasteiger partial charge in [-0.1, -0.05) is 17.3 Å². The minimum Gasteiger partial charge on any atom is -0.354 e. The van der Waals surface area contributed by atoms with Gasteiger partial charge in [0.1, 0.15) is 11.6 Å². The maximum absolute atomic E-state index is 13.0. The van der Waals surface area contributed by atoms with Gasteiger partial charge in [-0.25, -0.2) is 9.37 Å². The van der Waals surface area contributed by atoms with Gasteiger partial charge in [-0.05, 0) is 43.8 Å². The molecule has 1 fully saturated rings. The van der Waals surface area contributed by atoms with E-state index in [1.54, 1.807) is 18.3 Å². The molecule has 140 valence electrons. The van der Waals surface area contributed by atoms with E-state index in [4.69, 9.17) is 4.52 Å². The molecule has 0 saturated carbocycles. The van der Waals surface area contributed by atoms with Crippen LogP contribution in [0.1, 0.15) is 18.3 Å². The van der Waals surface area contributed by atoms with E-state index in [0.717, 1.165) is 36.6 Å². The van der Waals surface area contributed by atoms with Crippen LogP contribution in [0.15, 0.2) is 47.1 Å². The second kappa shape index (κ2) is 7.44. The van der Waals surface area contributed by atoms with Gasteiger partial charge in [0.15, 0.2) is 5.82 Å². The van der Waals surface area contributed by atoms with Crippen molar-refractivity contribution in [3.05, 3.63) is 59.8 Å². The summed E-state index contributed by atoms with van der Waals surface area (Å²) in [5.74, 6) is 1.71. The summed E-state index contributed by atoms with van der Waals surface area (Å²) in [5, 5.41) is 4.02. The Hall–Kier alpha value is -2.80. The van der Waals surface area contributed by atoms with Gasteiger partial charge in [-0.3, -0.25) is 0 Å². The van der Waals surface area contributed by atoms with Gasteiger partial charge in [0, 0.05) is 38.3 Å². The van der Waals surface area contributed by atoms with Crippen molar-refractivity contribution in [2.75, 3.05) is 31.6 Å². The SMILES string of the molecule is CC1CN(c2ccc(-c3nc(Cc4ccc(F)cc4)no3)cn2)CCN1C. The first-order valence-electron chi connectivity index (χ1n) is 9.07. The number of aromatic nitrogens is 3. The molecule has 0 aliphatic carbocycles. The molecule has 1 atom stereocenters. The number of benzene rings is 1. The zero-order valence-corrected chi connectivity index (χ0v) is 15.5. The monoisotopic (exact) mass is 367 g/mol. The van der Waals surface area contributed by atoms with Crippen molar-refractivity contribution in [1.29, 1.82) is 0 Å². The summed E-state index contributed by atoms with van der Waals surface area (Å²) in [6, 6.07) is 10.8. The Morgan fingerprint density at radius 2 is 1.96 bits per heavy atom. The van der Waals surface area contributed by atoms with E-state index >= 15 is 0 Å². The maximum atomic E-state index is 13.0. The van der Waals surface area contributed by atoms with E-state index in [1.165, 1.54) is 12.1 Å². The van der Waals surface area contributed by atoms with Crippen molar-refractivity contribution in [2.45, 2.75) is 19.4 Å². The Morgan fingerprint density at radius 1 is 1.15 bits per heavy atom. The summed E-state index contributed by atoms with van der Waals surface area (Å²) in [6.07, 6.45) is 2.27. The zero-order chi connectivity index (χ0) is 18.8. The van der Waals surface area contributed by atoms with Crippen LogP contribution in [0.25, 0.3) is 11.5 Å². The molecule has 1 aromatic carbocycles. The molecule has 6 nitrogen and oxygen atoms in total. The molecule has 2 aromatic heterocycles. The highest BCUT2D eigenvalue weighted by molar-refractivity contribution is 5.55. The highest BCUT2D eigenvalue weighted by Crippen LogP contribution is 2.22. The van der Waals surface area contributed by atoms with Gasteiger partial charge in [0.2, 0.25) is 0 Å². The number of halogens is 1. The average molecular weight is 367 g/mol. The van der Waals surface area contributed by atoms with Crippen LogP contribution in [0, 0.1) is 5.82 Å². The number of hydrogen-bond acceptors (Lipinski definition) is 6. The molecule has 1 aliphatic heterocycles. The molecule has 1 saturated heterocycles. The Bertz CT molecular complexity index is 893. The molecule has 0 amide bonds. The number of hydrogen-bond donors (Lipinski definition) is 0. The highest BCUT2D eigenvalue weighted by atomic mass is 19.1. The first kappa shape index (κ1) is 17.6. The van der Waals surface area contributed by atoms with Crippen LogP contribution in [0.4, 0.5) is 10.2 Å². The molecule has 0 spiro atoms. The van der Waals surface area contributed by atoms with Crippen LogP contribution in [-0.2, 0) is 6.42 Å². The van der Waals surface area contributed by atoms with Crippen molar-refractivity contribution in [3.8, 4) is 11.5 Å². The van der Waals surface area contributed by atoms with Crippen LogP contribution in [0.2, 0.25) is 0 Å². The summed E-state index contributed by atoms with van der Waals surface area (Å²) in [4.78, 5) is 13.7. The van der Waals surface area contributed by atoms with Gasteiger partial charge in [0.05, 0.1) is 5.56 Å². The van der Waals surface area contributed by atoms with E-state index in [-0.39, 0.29) is 5.82 Å². The molecule has 1 aliphatic rings. The van der Waals surface area contributed by atoms with Crippen LogP contribution in [0.3, 0.4) is 0 Å². The first-order chi connectivity index (χ1) is 13.1. The molecule has 7 heteroatoms. The predicted molar refractivity (Wildman–Crippen MR) is 101 cm³/mol. The molecule has 3 aromatic rings. The lowest BCUT2D eigenvalue weighted by atomic mass is 10.1. The third-order valence-corrected chi connectivity index (χ3v) is 5.02. The van der Waals surface area contributed by atoms with Gasteiger partial charge in [-0.2, -0.15) is 4.98 Å². The number of piperazine rings is 1. The molecule has 0 N–H and O–H groups in total. The van der Waals surface area contributed by atoms with Crippen LogP contribution < -0.4 is 4.90 Å². The van der Waals surface area contributed by atoms with Crippen molar-refractivity contribution in [1.82, 2.24) is 20.0 Å². The Labute approximate surface area is 157 Å². The Balaban J connectivity index is 1.45. The average Bonchev–Trinajstić information content (AvgIpc) is 3.14. The van der Waals surface area contributed by atoms with Crippen molar-refractivity contribution in [2.24, 2.45) is 0 Å². The van der Waals surface area contributed by atoms with E-state index in [2.05, 4.69) is 38.9 Å². The second-order valence-corrected chi connectivity index (χ2v) is 7.00. The first-order valence-corrected chi connectivity index (χ1v) is 9.07. The van der Waals surface area contributed by atoms with E-state index < -0.39 is 0 Å². The summed E-state index contributed by atoms with van der Waals surface area (Å²) >= 11 is 0. The predicted octanol–water partition coefficient (Wildman–Crippen LogP) is 3.00. The number of nitrogens with zero attached hydrogens (tertiary/aromatic N) is 5. The number of pyridine rings is 1. The van der Waals surface area contributed by atoms with E-state index in [0.29, 0.717) is 24.2 Å². The molecular formula is C20H22FN5O. The van der Waals surface area contributed by atoms with Gasteiger partial charge in [-0.15, -0.1) is 0 Å². The van der Waals surface area contributed by atoms with E-state index in [9.17, 15) is 4.39 Å². The molecule has 4 rings (SSSR count). The largest absolute Gasteiger partial charge is 0.354 e. The quantitative estimate of drug-likeness (QED) is 0.707. The van der Waals surface area contributed by atoms with Gasteiger partial charge in [0.25, 0.3) is 5.89 Å². The smallest absolute Gasteiger partial charge is 0.259 e. The van der Waals surface area contributed by atoms with Gasteiger partial charge < -0.3 is 14.3 Å². The topological polar surface area (TPSA) is 58.3 Å². The molecule has 3 heterocycles. The van der Waals surface area contributed by atoms with Crippen LogP contribution in [-0.4, -0.2) is 52.7 Å². The summed E-state index contributed by atoms with van der Waals surface area (Å²) in [7, 11) is 2.15. The fraction of sp³-hybridized carbons (Fsp3) is 0.350. The summed E-state index contributed by atoms with van der Waals surface area (Å²) in [5.41, 5.74) is 1.72. The second-order valence-electron chi connectivity index (χ2n) is 7.00. The summed E-state index contributed by atoms with van der Waals surface area (Å²) in [6.45, 7) is 5.18. The third kappa shape index (κ3) is 3.98. The Morgan fingerprint density at radius 3 is 2.67 bits per heavy atom. The van der Waals surface area contributed by atoms with Crippen LogP contribution in [0.5, 0.6) is 0 Å². The van der Waals surface area contributed by atoms with E-state index in [1.807, 2.05) is 12.1 Å². The lowest BCUT2D eigenvalue weighted by Crippen LogP contribution is -2.50. The minimum absolute atomic E-state index is 0.256.